The lowest BCUT2D eigenvalue weighted by molar-refractivity contribution is -0.147. The summed E-state index contributed by atoms with van der Waals surface area (Å²) in [4.78, 5) is 81.7. The van der Waals surface area contributed by atoms with Gasteiger partial charge < -0.3 is 93.8 Å². The SMILES string of the molecule is C.C.CC(=O)N[C@H]1[C@H]([C@H](OC(=O)NCCc2cccc(CCNC(=O)O[C@@H]([C@@H]3OC(C(=O)O)=C[C@H](N=C(N)N)[C@H]3NC(C)=O)[C@H](O)CO)c2)[C@H](O)CO)OC(C(=O)O)=C[C@@H]1N=C(N)N. The van der Waals surface area contributed by atoms with Gasteiger partial charge >= 0.3 is 24.1 Å². The maximum Gasteiger partial charge on any atom is 0.407 e. The Morgan fingerprint density at radius 2 is 1.05 bits per heavy atom. The van der Waals surface area contributed by atoms with E-state index in [1.165, 1.54) is 0 Å². The number of aliphatic hydroxyl groups excluding tert-OH is 4. The minimum atomic E-state index is -1.82. The first-order valence-corrected chi connectivity index (χ1v) is 18.7. The van der Waals surface area contributed by atoms with E-state index in [-0.39, 0.29) is 40.8 Å². The second-order valence-corrected chi connectivity index (χ2v) is 13.8. The zero-order valence-corrected chi connectivity index (χ0v) is 33.4. The van der Waals surface area contributed by atoms with E-state index < -0.39 is 133 Å². The third kappa shape index (κ3) is 16.4. The van der Waals surface area contributed by atoms with E-state index in [0.29, 0.717) is 11.1 Å². The summed E-state index contributed by atoms with van der Waals surface area (Å²) in [6.45, 7) is 0.276. The van der Waals surface area contributed by atoms with E-state index >= 15 is 0 Å². The normalized spacial score (nSPS) is 21.7. The smallest absolute Gasteiger partial charge is 0.407 e. The number of nitrogens with two attached hydrogens (primary N) is 4. The van der Waals surface area contributed by atoms with Crippen molar-refractivity contribution in [2.75, 3.05) is 26.3 Å². The number of nitrogens with one attached hydrogen (secondary N) is 4. The average Bonchev–Trinajstić information content (AvgIpc) is 3.19. The van der Waals surface area contributed by atoms with Crippen LogP contribution in [0.1, 0.15) is 39.8 Å². The Bertz CT molecular complexity index is 1780. The van der Waals surface area contributed by atoms with Crippen molar-refractivity contribution in [2.45, 2.75) is 102 Å². The molecule has 3 rings (SSSR count). The Labute approximate surface area is 367 Å². The van der Waals surface area contributed by atoms with Crippen molar-refractivity contribution in [3.8, 4) is 0 Å². The summed E-state index contributed by atoms with van der Waals surface area (Å²) in [6, 6.07) is 1.91. The number of aliphatic hydroxyl groups is 4. The van der Waals surface area contributed by atoms with Gasteiger partial charge in [0.1, 0.15) is 12.2 Å². The van der Waals surface area contributed by atoms with Crippen molar-refractivity contribution in [3.63, 3.8) is 0 Å². The fourth-order valence-corrected chi connectivity index (χ4v) is 6.42. The number of benzene rings is 1. The van der Waals surface area contributed by atoms with Crippen LogP contribution in [0.15, 0.2) is 57.9 Å². The van der Waals surface area contributed by atoms with Crippen LogP contribution < -0.4 is 44.2 Å². The van der Waals surface area contributed by atoms with Crippen molar-refractivity contribution in [2.24, 2.45) is 32.9 Å². The molecule has 26 nitrogen and oxygen atoms in total. The second kappa shape index (κ2) is 25.9. The highest BCUT2D eigenvalue weighted by molar-refractivity contribution is 5.86. The van der Waals surface area contributed by atoms with Crippen molar-refractivity contribution in [1.82, 2.24) is 21.3 Å². The molecule has 0 aromatic heterocycles. The van der Waals surface area contributed by atoms with Gasteiger partial charge in [-0.15, -0.1) is 0 Å². The number of aliphatic imine (C=N–C) groups is 2. The summed E-state index contributed by atoms with van der Waals surface area (Å²) in [5.41, 5.74) is 23.4. The summed E-state index contributed by atoms with van der Waals surface area (Å²) < 4.78 is 21.8. The standard InChI is InChI=1S/C36H52N10O16.2CH4/c1-15(49)43-25-19(45-33(37)38)11-23(31(53)54)59-29(25)27(21(51)13-47)61-35(57)41-8-6-17-4-3-5-18(10-17)7-9-42-36(58)62-28(22(52)14-48)30-26(44-16(2)50)20(46-34(39)40)12-24(60-30)32(55)56;;/h3-5,10-12,19-22,25-30,47-48,51-52H,6-9,13-14H2,1-2H3,(H,41,57)(H,42,58)(H,43,49)(H,44,50)(H,53,54)(H,55,56)(H4,37,38,45)(H4,39,40,46);2*1H4/t19-,20-,21+,22+,25+,26+,27+,28+,29+,30+;;/m0../s1. The van der Waals surface area contributed by atoms with E-state index in [1.54, 1.807) is 24.3 Å². The molecule has 0 spiro atoms. The molecule has 10 atom stereocenters. The lowest BCUT2D eigenvalue weighted by Crippen LogP contribution is -2.61. The number of ether oxygens (including phenoxy) is 4. The minimum absolute atomic E-state index is 0. The molecule has 1 aromatic rings. The van der Waals surface area contributed by atoms with Crippen LogP contribution in [0.2, 0.25) is 0 Å². The van der Waals surface area contributed by atoms with Gasteiger partial charge in [-0.3, -0.25) is 9.59 Å². The highest BCUT2D eigenvalue weighted by Gasteiger charge is 2.48. The molecule has 2 heterocycles. The first-order chi connectivity index (χ1) is 29.2. The second-order valence-electron chi connectivity index (χ2n) is 13.8. The van der Waals surface area contributed by atoms with E-state index in [9.17, 15) is 59.4 Å². The van der Waals surface area contributed by atoms with Crippen LogP contribution in [0.5, 0.6) is 0 Å². The largest absolute Gasteiger partial charge is 0.477 e. The number of alkyl carbamates (subject to hydrolysis) is 2. The molecule has 0 unspecified atom stereocenters. The summed E-state index contributed by atoms with van der Waals surface area (Å²) >= 11 is 0. The molecule has 2 aliphatic heterocycles. The summed E-state index contributed by atoms with van der Waals surface area (Å²) in [5.74, 6) is -6.69. The van der Waals surface area contributed by atoms with Crippen LogP contribution in [-0.2, 0) is 51.0 Å². The Morgan fingerprint density at radius 3 is 1.34 bits per heavy atom. The van der Waals surface area contributed by atoms with Crippen molar-refractivity contribution in [3.05, 3.63) is 59.1 Å². The number of carboxylic acid groups (broad SMARTS) is 2. The number of carbonyl (C=O) groups is 6. The molecular weight excluding hydrogens is 852 g/mol. The number of amides is 4. The monoisotopic (exact) mass is 912 g/mol. The van der Waals surface area contributed by atoms with Gasteiger partial charge in [0.15, 0.2) is 36.3 Å². The molecule has 4 amide bonds. The summed E-state index contributed by atoms with van der Waals surface area (Å²) in [6.07, 6.45) is -10.1. The molecule has 0 bridgehead atoms. The van der Waals surface area contributed by atoms with E-state index in [2.05, 4.69) is 31.3 Å². The van der Waals surface area contributed by atoms with Crippen LogP contribution in [-0.4, -0.2) is 166 Å². The lowest BCUT2D eigenvalue weighted by Gasteiger charge is -2.39. The highest BCUT2D eigenvalue weighted by atomic mass is 16.6. The number of aliphatic carboxylic acids is 2. The molecule has 0 fully saturated rings. The molecule has 18 N–H and O–H groups in total. The third-order valence-corrected chi connectivity index (χ3v) is 9.00. The first-order valence-electron chi connectivity index (χ1n) is 18.7. The summed E-state index contributed by atoms with van der Waals surface area (Å²) in [7, 11) is 0. The zero-order valence-electron chi connectivity index (χ0n) is 33.4. The molecule has 26 heteroatoms. The molecule has 2 aliphatic rings. The van der Waals surface area contributed by atoms with Crippen LogP contribution in [0, 0.1) is 0 Å². The summed E-state index contributed by atoms with van der Waals surface area (Å²) in [5, 5.41) is 70.0. The number of nitrogens with zero attached hydrogens (tertiary/aromatic N) is 2. The van der Waals surface area contributed by atoms with Gasteiger partial charge in [0.05, 0.1) is 37.4 Å². The fourth-order valence-electron chi connectivity index (χ4n) is 6.42. The number of hydrogen-bond acceptors (Lipinski definition) is 16. The Hall–Kier alpha value is -6.90. The van der Waals surface area contributed by atoms with Crippen molar-refractivity contribution >= 4 is 47.9 Å². The number of rotatable bonds is 20. The number of hydrogen-bond donors (Lipinski definition) is 14. The van der Waals surface area contributed by atoms with E-state index in [1.807, 2.05) is 0 Å². The van der Waals surface area contributed by atoms with Gasteiger partial charge in [-0.05, 0) is 36.1 Å². The van der Waals surface area contributed by atoms with Gasteiger partial charge in [-0.1, -0.05) is 39.1 Å². The van der Waals surface area contributed by atoms with Gasteiger partial charge in [-0.25, -0.2) is 29.2 Å². The lowest BCUT2D eigenvalue weighted by atomic mass is 9.92. The Morgan fingerprint density at radius 1 is 0.688 bits per heavy atom. The van der Waals surface area contributed by atoms with Crippen LogP contribution in [0.3, 0.4) is 0 Å². The fraction of sp³-hybridized carbons (Fsp3) is 0.526. The maximum absolute atomic E-state index is 13.0. The van der Waals surface area contributed by atoms with Crippen LogP contribution in [0.25, 0.3) is 0 Å². The predicted octanol–water partition coefficient (Wildman–Crippen LogP) is -4.03. The van der Waals surface area contributed by atoms with E-state index in [4.69, 9.17) is 41.9 Å². The number of carboxylic acids is 2. The zero-order chi connectivity index (χ0) is 46.3. The van der Waals surface area contributed by atoms with Gasteiger partial charge in [0.2, 0.25) is 23.3 Å². The number of carbonyl (C=O) groups excluding carboxylic acids is 4. The van der Waals surface area contributed by atoms with E-state index in [0.717, 1.165) is 26.0 Å². The van der Waals surface area contributed by atoms with Crippen molar-refractivity contribution < 1.29 is 78.4 Å². The quantitative estimate of drug-likeness (QED) is 0.0437. The average molecular weight is 913 g/mol. The molecular formula is C38H60N10O16. The van der Waals surface area contributed by atoms with Gasteiger partial charge in [0, 0.05) is 26.9 Å². The molecule has 0 saturated carbocycles. The number of guanidine groups is 2. The van der Waals surface area contributed by atoms with Crippen molar-refractivity contribution in [1.29, 1.82) is 0 Å². The molecule has 1 aromatic carbocycles. The first kappa shape index (κ1) is 55.1. The Balaban J connectivity index is 0.0000102. The highest BCUT2D eigenvalue weighted by Crippen LogP contribution is 2.28. The maximum atomic E-state index is 13.0. The van der Waals surface area contributed by atoms with Crippen LogP contribution >= 0.6 is 0 Å². The third-order valence-electron chi connectivity index (χ3n) is 9.00. The molecule has 358 valence electrons. The topological polar surface area (TPSA) is 438 Å². The molecule has 0 radical (unpaired) electrons. The predicted molar refractivity (Wildman–Crippen MR) is 226 cm³/mol. The van der Waals surface area contributed by atoms with Gasteiger partial charge in [0.25, 0.3) is 0 Å². The molecule has 64 heavy (non-hydrogen) atoms. The molecule has 0 saturated heterocycles. The van der Waals surface area contributed by atoms with Crippen LogP contribution in [0.4, 0.5) is 9.59 Å². The Kier molecular flexibility index (Phi) is 22.3. The minimum Gasteiger partial charge on any atom is -0.477 e. The van der Waals surface area contributed by atoms with Gasteiger partial charge in [-0.2, -0.15) is 0 Å². The molecule has 0 aliphatic carbocycles.